The van der Waals surface area contributed by atoms with Gasteiger partial charge in [-0.15, -0.1) is 0 Å². The van der Waals surface area contributed by atoms with Crippen molar-refractivity contribution in [3.8, 4) is 0 Å². The Morgan fingerprint density at radius 1 is 1.18 bits per heavy atom. The summed E-state index contributed by atoms with van der Waals surface area (Å²) in [5.74, 6) is 0.607. The molecule has 0 bridgehead atoms. The normalized spacial score (nSPS) is 15.0. The lowest BCUT2D eigenvalue weighted by Crippen LogP contribution is -2.27. The molecular weight excluding hydrogens is 210 g/mol. The quantitative estimate of drug-likeness (QED) is 0.823. The summed E-state index contributed by atoms with van der Waals surface area (Å²) in [5, 5.41) is 10.1. The average Bonchev–Trinajstić information content (AvgIpc) is 2.28. The predicted molar refractivity (Wildman–Crippen MR) is 72.9 cm³/mol. The van der Waals surface area contributed by atoms with Crippen molar-refractivity contribution in [3.63, 3.8) is 0 Å². The molecule has 2 nitrogen and oxygen atoms in total. The van der Waals surface area contributed by atoms with Gasteiger partial charge in [0.2, 0.25) is 0 Å². The van der Waals surface area contributed by atoms with Gasteiger partial charge in [0.15, 0.2) is 0 Å². The van der Waals surface area contributed by atoms with Crippen LogP contribution in [0.4, 0.5) is 0 Å². The first-order valence-corrected chi connectivity index (χ1v) is 6.43. The summed E-state index contributed by atoms with van der Waals surface area (Å²) in [6, 6.07) is 5.83. The van der Waals surface area contributed by atoms with E-state index in [-0.39, 0.29) is 6.04 Å². The molecule has 0 fully saturated rings. The molecule has 0 aliphatic rings. The lowest BCUT2D eigenvalue weighted by Gasteiger charge is -2.22. The smallest absolute Gasteiger partial charge is 0.0733 e. The van der Waals surface area contributed by atoms with Crippen molar-refractivity contribution >= 4 is 0 Å². The summed E-state index contributed by atoms with van der Waals surface area (Å²) in [7, 11) is 0. The molecule has 0 unspecified atom stereocenters. The molecule has 0 aromatic heterocycles. The zero-order valence-corrected chi connectivity index (χ0v) is 11.4. The maximum absolute atomic E-state index is 10.1. The van der Waals surface area contributed by atoms with Crippen LogP contribution in [-0.2, 0) is 0 Å². The number of nitrogens with two attached hydrogens (primary N) is 1. The molecule has 2 atom stereocenters. The third-order valence-corrected chi connectivity index (χ3v) is 3.46. The van der Waals surface area contributed by atoms with E-state index >= 15 is 0 Å². The molecule has 0 aliphatic carbocycles. The van der Waals surface area contributed by atoms with E-state index in [9.17, 15) is 5.11 Å². The second-order valence-electron chi connectivity index (χ2n) is 5.35. The van der Waals surface area contributed by atoms with Gasteiger partial charge in [-0.1, -0.05) is 32.0 Å². The molecule has 0 saturated heterocycles. The van der Waals surface area contributed by atoms with Gasteiger partial charge in [0.05, 0.1) is 12.1 Å². The summed E-state index contributed by atoms with van der Waals surface area (Å²) in [6.45, 7) is 8.47. The van der Waals surface area contributed by atoms with Gasteiger partial charge >= 0.3 is 0 Å². The Kier molecular flexibility index (Phi) is 5.16. The average molecular weight is 235 g/mol. The van der Waals surface area contributed by atoms with Gasteiger partial charge in [-0.25, -0.2) is 0 Å². The van der Waals surface area contributed by atoms with Crippen LogP contribution in [-0.4, -0.2) is 11.2 Å². The van der Waals surface area contributed by atoms with Crippen molar-refractivity contribution < 1.29 is 5.11 Å². The van der Waals surface area contributed by atoms with E-state index in [2.05, 4.69) is 33.8 Å². The highest BCUT2D eigenvalue weighted by atomic mass is 16.3. The van der Waals surface area contributed by atoms with Crippen molar-refractivity contribution in [2.75, 3.05) is 0 Å². The molecule has 0 saturated carbocycles. The molecule has 0 aliphatic heterocycles. The largest absolute Gasteiger partial charge is 0.391 e. The number of rotatable bonds is 5. The summed E-state index contributed by atoms with van der Waals surface area (Å²) >= 11 is 0. The second kappa shape index (κ2) is 6.18. The zero-order chi connectivity index (χ0) is 13.0. The summed E-state index contributed by atoms with van der Waals surface area (Å²) in [6.07, 6.45) is 1.34. The van der Waals surface area contributed by atoms with Crippen LogP contribution in [0.3, 0.4) is 0 Å². The lowest BCUT2D eigenvalue weighted by molar-refractivity contribution is 0.128. The number of aryl methyl sites for hydroxylation is 1. The van der Waals surface area contributed by atoms with E-state index in [4.69, 9.17) is 5.73 Å². The molecule has 0 heterocycles. The topological polar surface area (TPSA) is 46.2 Å². The molecule has 1 rings (SSSR count). The van der Waals surface area contributed by atoms with E-state index in [1.165, 1.54) is 11.1 Å². The summed E-state index contributed by atoms with van der Waals surface area (Å²) < 4.78 is 0. The Morgan fingerprint density at radius 2 is 1.82 bits per heavy atom. The van der Waals surface area contributed by atoms with Gasteiger partial charge in [0.1, 0.15) is 0 Å². The van der Waals surface area contributed by atoms with E-state index in [0.29, 0.717) is 5.92 Å². The van der Waals surface area contributed by atoms with Crippen molar-refractivity contribution in [2.24, 2.45) is 11.7 Å². The Hall–Kier alpha value is -0.860. The Bertz CT molecular complexity index is 360. The lowest BCUT2D eigenvalue weighted by atomic mass is 9.92. The first kappa shape index (κ1) is 14.2. The monoisotopic (exact) mass is 235 g/mol. The van der Waals surface area contributed by atoms with Crippen LogP contribution in [0, 0.1) is 19.8 Å². The van der Waals surface area contributed by atoms with Gasteiger partial charge in [0, 0.05) is 0 Å². The fourth-order valence-corrected chi connectivity index (χ4v) is 2.03. The zero-order valence-electron chi connectivity index (χ0n) is 11.4. The van der Waals surface area contributed by atoms with Gasteiger partial charge < -0.3 is 10.8 Å². The Morgan fingerprint density at radius 3 is 2.41 bits per heavy atom. The van der Waals surface area contributed by atoms with Crippen molar-refractivity contribution in [3.05, 3.63) is 34.9 Å². The van der Waals surface area contributed by atoms with Gasteiger partial charge in [-0.3, -0.25) is 0 Å². The third-order valence-electron chi connectivity index (χ3n) is 3.46. The van der Waals surface area contributed by atoms with Crippen molar-refractivity contribution in [1.29, 1.82) is 0 Å². The van der Waals surface area contributed by atoms with Crippen molar-refractivity contribution in [2.45, 2.75) is 52.7 Å². The van der Waals surface area contributed by atoms with E-state index < -0.39 is 6.10 Å². The summed E-state index contributed by atoms with van der Waals surface area (Å²) in [5.41, 5.74) is 9.64. The summed E-state index contributed by atoms with van der Waals surface area (Å²) in [4.78, 5) is 0. The van der Waals surface area contributed by atoms with E-state index in [1.807, 2.05) is 12.1 Å². The van der Waals surface area contributed by atoms with E-state index in [1.54, 1.807) is 0 Å². The Labute approximate surface area is 105 Å². The van der Waals surface area contributed by atoms with Crippen LogP contribution < -0.4 is 5.73 Å². The minimum atomic E-state index is -0.446. The molecule has 0 radical (unpaired) electrons. The number of benzene rings is 1. The molecular formula is C15H25NO. The van der Waals surface area contributed by atoms with Crippen LogP contribution in [0.15, 0.2) is 18.2 Å². The molecule has 0 spiro atoms. The van der Waals surface area contributed by atoms with Crippen molar-refractivity contribution in [1.82, 2.24) is 0 Å². The van der Waals surface area contributed by atoms with Gasteiger partial charge in [-0.05, 0) is 49.3 Å². The van der Waals surface area contributed by atoms with Crippen LogP contribution in [0.1, 0.15) is 49.4 Å². The fourth-order valence-electron chi connectivity index (χ4n) is 2.03. The minimum Gasteiger partial charge on any atom is -0.391 e. The number of aliphatic hydroxyl groups excluding tert-OH is 1. The number of aliphatic hydroxyl groups is 1. The van der Waals surface area contributed by atoms with E-state index in [0.717, 1.165) is 18.4 Å². The highest BCUT2D eigenvalue weighted by molar-refractivity contribution is 5.35. The molecule has 1 aromatic carbocycles. The van der Waals surface area contributed by atoms with Gasteiger partial charge in [-0.2, -0.15) is 0 Å². The molecule has 96 valence electrons. The molecule has 17 heavy (non-hydrogen) atoms. The van der Waals surface area contributed by atoms with Crippen LogP contribution in [0.25, 0.3) is 0 Å². The van der Waals surface area contributed by atoms with Crippen LogP contribution in [0.5, 0.6) is 0 Å². The van der Waals surface area contributed by atoms with Crippen LogP contribution in [0.2, 0.25) is 0 Å². The number of hydrogen-bond donors (Lipinski definition) is 2. The molecule has 2 heteroatoms. The SMILES string of the molecule is Cc1cccc([C@H](N)[C@H](O)CCC(C)C)c1C. The minimum absolute atomic E-state index is 0.270. The third kappa shape index (κ3) is 3.83. The molecule has 1 aromatic rings. The molecule has 3 N–H and O–H groups in total. The highest BCUT2D eigenvalue weighted by Gasteiger charge is 2.19. The molecule has 0 amide bonds. The maximum Gasteiger partial charge on any atom is 0.0733 e. The highest BCUT2D eigenvalue weighted by Crippen LogP contribution is 2.23. The fraction of sp³-hybridized carbons (Fsp3) is 0.600. The standard InChI is InChI=1S/C15H25NO/c1-10(2)8-9-14(17)15(16)13-7-5-6-11(3)12(13)4/h5-7,10,14-15,17H,8-9,16H2,1-4H3/t14-,15+/m1/s1. The second-order valence-corrected chi connectivity index (χ2v) is 5.35. The number of hydrogen-bond acceptors (Lipinski definition) is 2. The predicted octanol–water partition coefficient (Wildman–Crippen LogP) is 3.10. The maximum atomic E-state index is 10.1. The van der Waals surface area contributed by atoms with Crippen LogP contribution >= 0.6 is 0 Å². The van der Waals surface area contributed by atoms with Gasteiger partial charge in [0.25, 0.3) is 0 Å². The Balaban J connectivity index is 2.74. The first-order valence-electron chi connectivity index (χ1n) is 6.43. The first-order chi connectivity index (χ1) is 7.93.